The van der Waals surface area contributed by atoms with E-state index in [0.717, 1.165) is 15.8 Å². The Kier molecular flexibility index (Phi) is 6.79. The summed E-state index contributed by atoms with van der Waals surface area (Å²) in [4.78, 5) is 40.3. The fourth-order valence-corrected chi connectivity index (χ4v) is 3.61. The van der Waals surface area contributed by atoms with Crippen LogP contribution in [0.15, 0.2) is 42.5 Å². The van der Waals surface area contributed by atoms with Crippen molar-refractivity contribution in [1.29, 1.82) is 0 Å². The molecule has 0 unspecified atom stereocenters. The molecule has 1 aromatic heterocycles. The number of carbonyl (C=O) groups is 3. The van der Waals surface area contributed by atoms with E-state index >= 15 is 0 Å². The second-order valence-electron chi connectivity index (χ2n) is 6.99. The van der Waals surface area contributed by atoms with Crippen LogP contribution in [-0.4, -0.2) is 29.4 Å². The summed E-state index contributed by atoms with van der Waals surface area (Å²) in [7, 11) is 0. The third-order valence-electron chi connectivity index (χ3n) is 4.25. The molecule has 0 radical (unpaired) electrons. The minimum Gasteiger partial charge on any atom is -0.462 e. The van der Waals surface area contributed by atoms with Gasteiger partial charge in [-0.15, -0.1) is 0 Å². The molecule has 0 atom stereocenters. The number of thiazole rings is 1. The standard InChI is InChI=1S/C22H23N3O4S/c1-4-29-21(28)15-6-8-16(9-7-15)23-19(26)12-14-5-10-17-18(11-14)30-22(24-17)25-20(27)13(2)3/h5-11,13H,4,12H2,1-3H3,(H,23,26)(H,24,25,27). The number of rotatable bonds is 7. The monoisotopic (exact) mass is 425 g/mol. The highest BCUT2D eigenvalue weighted by molar-refractivity contribution is 7.22. The van der Waals surface area contributed by atoms with Gasteiger partial charge in [-0.3, -0.25) is 9.59 Å². The van der Waals surface area contributed by atoms with Crippen LogP contribution in [0.3, 0.4) is 0 Å². The van der Waals surface area contributed by atoms with Crippen LogP contribution in [0.1, 0.15) is 36.7 Å². The summed E-state index contributed by atoms with van der Waals surface area (Å²) >= 11 is 1.38. The molecule has 7 nitrogen and oxygen atoms in total. The van der Waals surface area contributed by atoms with Crippen molar-refractivity contribution in [2.75, 3.05) is 17.2 Å². The smallest absolute Gasteiger partial charge is 0.338 e. The highest BCUT2D eigenvalue weighted by Crippen LogP contribution is 2.27. The van der Waals surface area contributed by atoms with Crippen LogP contribution in [0.4, 0.5) is 10.8 Å². The van der Waals surface area contributed by atoms with Crippen molar-refractivity contribution in [2.45, 2.75) is 27.2 Å². The first-order valence-corrected chi connectivity index (χ1v) is 10.4. The molecule has 0 aliphatic heterocycles. The van der Waals surface area contributed by atoms with E-state index in [1.807, 2.05) is 32.0 Å². The molecule has 8 heteroatoms. The molecular weight excluding hydrogens is 402 g/mol. The van der Waals surface area contributed by atoms with Gasteiger partial charge in [0.25, 0.3) is 0 Å². The number of fused-ring (bicyclic) bond motifs is 1. The minimum absolute atomic E-state index is 0.0809. The molecule has 1 heterocycles. The van der Waals surface area contributed by atoms with E-state index in [0.29, 0.717) is 23.0 Å². The lowest BCUT2D eigenvalue weighted by atomic mass is 10.1. The Hall–Kier alpha value is -3.26. The van der Waals surface area contributed by atoms with E-state index in [4.69, 9.17) is 4.74 Å². The van der Waals surface area contributed by atoms with Crippen molar-refractivity contribution in [3.63, 3.8) is 0 Å². The predicted molar refractivity (Wildman–Crippen MR) is 118 cm³/mol. The maximum atomic E-state index is 12.4. The van der Waals surface area contributed by atoms with Gasteiger partial charge in [0, 0.05) is 11.6 Å². The maximum Gasteiger partial charge on any atom is 0.338 e. The van der Waals surface area contributed by atoms with E-state index in [9.17, 15) is 14.4 Å². The Morgan fingerprint density at radius 1 is 1.07 bits per heavy atom. The van der Waals surface area contributed by atoms with Gasteiger partial charge in [0.1, 0.15) is 0 Å². The van der Waals surface area contributed by atoms with Crippen LogP contribution in [0.2, 0.25) is 0 Å². The first-order chi connectivity index (χ1) is 14.4. The zero-order valence-electron chi connectivity index (χ0n) is 17.0. The average molecular weight is 426 g/mol. The zero-order chi connectivity index (χ0) is 21.7. The van der Waals surface area contributed by atoms with Gasteiger partial charge in [-0.05, 0) is 48.9 Å². The highest BCUT2D eigenvalue weighted by Gasteiger charge is 2.12. The predicted octanol–water partition coefficient (Wildman–Crippen LogP) is 4.25. The van der Waals surface area contributed by atoms with Crippen molar-refractivity contribution in [1.82, 2.24) is 4.98 Å². The van der Waals surface area contributed by atoms with Gasteiger partial charge in [0.05, 0.1) is 28.8 Å². The molecule has 2 amide bonds. The van der Waals surface area contributed by atoms with Crippen molar-refractivity contribution in [3.05, 3.63) is 53.6 Å². The Morgan fingerprint density at radius 2 is 1.80 bits per heavy atom. The van der Waals surface area contributed by atoms with Crippen LogP contribution in [0.5, 0.6) is 0 Å². The van der Waals surface area contributed by atoms with Crippen molar-refractivity contribution < 1.29 is 19.1 Å². The average Bonchev–Trinajstić information content (AvgIpc) is 3.10. The van der Waals surface area contributed by atoms with E-state index in [1.54, 1.807) is 31.2 Å². The Bertz CT molecular complexity index is 1070. The summed E-state index contributed by atoms with van der Waals surface area (Å²) in [6, 6.07) is 12.2. The second-order valence-corrected chi connectivity index (χ2v) is 8.02. The summed E-state index contributed by atoms with van der Waals surface area (Å²) < 4.78 is 5.84. The zero-order valence-corrected chi connectivity index (χ0v) is 17.8. The SMILES string of the molecule is CCOC(=O)c1ccc(NC(=O)Cc2ccc3nc(NC(=O)C(C)C)sc3c2)cc1. The number of esters is 1. The molecule has 0 fully saturated rings. The van der Waals surface area contributed by atoms with Crippen LogP contribution in [-0.2, 0) is 20.7 Å². The van der Waals surface area contributed by atoms with Crippen LogP contribution < -0.4 is 10.6 Å². The number of carbonyl (C=O) groups excluding carboxylic acids is 3. The van der Waals surface area contributed by atoms with Crippen molar-refractivity contribution >= 4 is 50.2 Å². The molecular formula is C22H23N3O4S. The second kappa shape index (κ2) is 9.49. The quantitative estimate of drug-likeness (QED) is 0.552. The highest BCUT2D eigenvalue weighted by atomic mass is 32.1. The number of benzene rings is 2. The number of hydrogen-bond acceptors (Lipinski definition) is 6. The fraction of sp³-hybridized carbons (Fsp3) is 0.273. The van der Waals surface area contributed by atoms with E-state index < -0.39 is 5.97 Å². The number of nitrogens with one attached hydrogen (secondary N) is 2. The van der Waals surface area contributed by atoms with Crippen LogP contribution in [0.25, 0.3) is 10.2 Å². The minimum atomic E-state index is -0.391. The molecule has 0 saturated carbocycles. The third kappa shape index (κ3) is 5.42. The van der Waals surface area contributed by atoms with Crippen LogP contribution >= 0.6 is 11.3 Å². The third-order valence-corrected chi connectivity index (χ3v) is 5.19. The maximum absolute atomic E-state index is 12.4. The molecule has 0 bridgehead atoms. The number of aromatic nitrogens is 1. The summed E-state index contributed by atoms with van der Waals surface area (Å²) in [6.07, 6.45) is 0.196. The Morgan fingerprint density at radius 3 is 2.47 bits per heavy atom. The van der Waals surface area contributed by atoms with E-state index in [-0.39, 0.29) is 24.2 Å². The molecule has 2 aromatic carbocycles. The van der Waals surface area contributed by atoms with Crippen molar-refractivity contribution in [2.24, 2.45) is 5.92 Å². The molecule has 0 spiro atoms. The lowest BCUT2D eigenvalue weighted by Crippen LogP contribution is -2.17. The van der Waals surface area contributed by atoms with Crippen LogP contribution in [0, 0.1) is 5.92 Å². The van der Waals surface area contributed by atoms with Gasteiger partial charge >= 0.3 is 5.97 Å². The molecule has 3 aromatic rings. The lowest BCUT2D eigenvalue weighted by Gasteiger charge is -2.07. The summed E-state index contributed by atoms with van der Waals surface area (Å²) in [5, 5.41) is 6.17. The Labute approximate surface area is 178 Å². The normalized spacial score (nSPS) is 10.8. The molecule has 0 aliphatic carbocycles. The number of anilines is 2. The first kappa shape index (κ1) is 21.4. The number of amides is 2. The molecule has 0 aliphatic rings. The van der Waals surface area contributed by atoms with Gasteiger partial charge in [0.2, 0.25) is 11.8 Å². The summed E-state index contributed by atoms with van der Waals surface area (Å²) in [5.74, 6) is -0.765. The van der Waals surface area contributed by atoms with Gasteiger partial charge in [-0.25, -0.2) is 9.78 Å². The molecule has 156 valence electrons. The number of hydrogen-bond donors (Lipinski definition) is 2. The van der Waals surface area contributed by atoms with Gasteiger partial charge in [-0.2, -0.15) is 0 Å². The number of ether oxygens (including phenoxy) is 1. The lowest BCUT2D eigenvalue weighted by molar-refractivity contribution is -0.119. The molecule has 3 rings (SSSR count). The topological polar surface area (TPSA) is 97.4 Å². The number of nitrogens with zero attached hydrogens (tertiary/aromatic N) is 1. The molecule has 30 heavy (non-hydrogen) atoms. The van der Waals surface area contributed by atoms with Crippen molar-refractivity contribution in [3.8, 4) is 0 Å². The first-order valence-electron chi connectivity index (χ1n) is 9.63. The van der Waals surface area contributed by atoms with E-state index in [1.165, 1.54) is 11.3 Å². The Balaban J connectivity index is 1.63. The fourth-order valence-electron chi connectivity index (χ4n) is 2.68. The summed E-state index contributed by atoms with van der Waals surface area (Å²) in [6.45, 7) is 5.71. The van der Waals surface area contributed by atoms with Gasteiger partial charge < -0.3 is 15.4 Å². The van der Waals surface area contributed by atoms with E-state index in [2.05, 4.69) is 15.6 Å². The largest absolute Gasteiger partial charge is 0.462 e. The van der Waals surface area contributed by atoms with Gasteiger partial charge in [0.15, 0.2) is 5.13 Å². The molecule has 0 saturated heterocycles. The van der Waals surface area contributed by atoms with Gasteiger partial charge in [-0.1, -0.05) is 31.3 Å². The summed E-state index contributed by atoms with van der Waals surface area (Å²) in [5.41, 5.74) is 2.66. The molecule has 2 N–H and O–H groups in total.